The fourth-order valence-electron chi connectivity index (χ4n) is 4.79. The Balaban J connectivity index is 1.46. The summed E-state index contributed by atoms with van der Waals surface area (Å²) in [5, 5.41) is 7.14. The molecule has 1 aliphatic rings. The van der Waals surface area contributed by atoms with Crippen LogP contribution < -0.4 is 10.6 Å². The van der Waals surface area contributed by atoms with Crippen LogP contribution >= 0.6 is 0 Å². The molecule has 1 aliphatic heterocycles. The Bertz CT molecular complexity index is 1100. The molecule has 6 heteroatoms. The van der Waals surface area contributed by atoms with Crippen LogP contribution in [0.4, 0.5) is 0 Å². The van der Waals surface area contributed by atoms with E-state index in [-0.39, 0.29) is 24.3 Å². The van der Waals surface area contributed by atoms with Gasteiger partial charge in [-0.25, -0.2) is 0 Å². The maximum absolute atomic E-state index is 12.7. The average Bonchev–Trinajstić information content (AvgIpc) is 3.07. The van der Waals surface area contributed by atoms with E-state index >= 15 is 0 Å². The van der Waals surface area contributed by atoms with Gasteiger partial charge in [-0.05, 0) is 51.0 Å². The molecule has 4 rings (SSSR count). The van der Waals surface area contributed by atoms with Gasteiger partial charge >= 0.3 is 0 Å². The van der Waals surface area contributed by atoms with Crippen molar-refractivity contribution in [1.82, 2.24) is 20.1 Å². The van der Waals surface area contributed by atoms with Gasteiger partial charge in [0.2, 0.25) is 11.8 Å². The van der Waals surface area contributed by atoms with Crippen molar-refractivity contribution in [3.05, 3.63) is 65.9 Å². The topological polar surface area (TPSA) is 66.4 Å². The van der Waals surface area contributed by atoms with Crippen LogP contribution in [0.2, 0.25) is 0 Å². The Morgan fingerprint density at radius 2 is 1.84 bits per heavy atom. The molecular weight excluding hydrogens is 400 g/mol. The van der Waals surface area contributed by atoms with E-state index in [2.05, 4.69) is 77.3 Å². The molecule has 1 saturated heterocycles. The lowest BCUT2D eigenvalue weighted by molar-refractivity contribution is -0.134. The number of aromatic nitrogens is 1. The van der Waals surface area contributed by atoms with E-state index in [0.717, 1.165) is 18.7 Å². The third-order valence-electron chi connectivity index (χ3n) is 6.37. The summed E-state index contributed by atoms with van der Waals surface area (Å²) in [6, 6.07) is 18.6. The van der Waals surface area contributed by atoms with E-state index in [1.807, 2.05) is 18.2 Å². The standard InChI is InChI=1S/C26H32N4O2/c1-18(2)29-16-15-28-26(32)24(29)17-25(31)27-14-13-21-19(3)30(20-9-5-4-6-10-20)23-12-8-7-11-22(21)23/h4-12,18,24H,13-17H2,1-3H3,(H,27,31)(H,28,32)/t24-/m1/s1. The van der Waals surface area contributed by atoms with Gasteiger partial charge in [0.15, 0.2) is 0 Å². The molecule has 2 amide bonds. The van der Waals surface area contributed by atoms with Crippen LogP contribution in [0.25, 0.3) is 16.6 Å². The number of benzene rings is 2. The van der Waals surface area contributed by atoms with Crippen molar-refractivity contribution in [2.75, 3.05) is 19.6 Å². The Morgan fingerprint density at radius 3 is 2.59 bits per heavy atom. The number of carbonyl (C=O) groups excluding carboxylic acids is 2. The summed E-state index contributed by atoms with van der Waals surface area (Å²) in [6.45, 7) is 8.22. The summed E-state index contributed by atoms with van der Waals surface area (Å²) in [4.78, 5) is 27.1. The molecule has 0 spiro atoms. The highest BCUT2D eigenvalue weighted by Crippen LogP contribution is 2.29. The summed E-state index contributed by atoms with van der Waals surface area (Å²) < 4.78 is 2.28. The molecule has 0 radical (unpaired) electrons. The van der Waals surface area contributed by atoms with E-state index in [1.54, 1.807) is 0 Å². The second-order valence-corrected chi connectivity index (χ2v) is 8.69. The Labute approximate surface area is 189 Å². The van der Waals surface area contributed by atoms with Crippen LogP contribution in [0.5, 0.6) is 0 Å². The molecule has 3 aromatic rings. The summed E-state index contributed by atoms with van der Waals surface area (Å²) in [5.74, 6) is -0.135. The number of rotatable bonds is 7. The van der Waals surface area contributed by atoms with Crippen LogP contribution in [0.3, 0.4) is 0 Å². The van der Waals surface area contributed by atoms with Gasteiger partial charge < -0.3 is 15.2 Å². The molecule has 0 bridgehead atoms. The zero-order valence-electron chi connectivity index (χ0n) is 19.1. The van der Waals surface area contributed by atoms with Gasteiger partial charge in [0.25, 0.3) is 0 Å². The highest BCUT2D eigenvalue weighted by atomic mass is 16.2. The normalized spacial score (nSPS) is 17.0. The zero-order valence-corrected chi connectivity index (χ0v) is 19.1. The molecular formula is C26H32N4O2. The summed E-state index contributed by atoms with van der Waals surface area (Å²) in [6.07, 6.45) is 0.928. The zero-order chi connectivity index (χ0) is 22.7. The minimum atomic E-state index is -0.398. The van der Waals surface area contributed by atoms with Crippen LogP contribution in [0, 0.1) is 6.92 Å². The van der Waals surface area contributed by atoms with Crippen molar-refractivity contribution in [2.24, 2.45) is 0 Å². The maximum Gasteiger partial charge on any atom is 0.237 e. The lowest BCUT2D eigenvalue weighted by Crippen LogP contribution is -2.58. The molecule has 6 nitrogen and oxygen atoms in total. The van der Waals surface area contributed by atoms with Crippen molar-refractivity contribution in [2.45, 2.75) is 45.7 Å². The smallest absolute Gasteiger partial charge is 0.237 e. The molecule has 0 aliphatic carbocycles. The van der Waals surface area contributed by atoms with E-state index in [9.17, 15) is 9.59 Å². The van der Waals surface area contributed by atoms with Gasteiger partial charge in [0, 0.05) is 42.4 Å². The maximum atomic E-state index is 12.7. The highest BCUT2D eigenvalue weighted by molar-refractivity contribution is 5.89. The highest BCUT2D eigenvalue weighted by Gasteiger charge is 2.32. The molecule has 1 atom stereocenters. The summed E-state index contributed by atoms with van der Waals surface area (Å²) in [5.41, 5.74) is 4.73. The van der Waals surface area contributed by atoms with Crippen molar-refractivity contribution in [3.63, 3.8) is 0 Å². The molecule has 2 aromatic carbocycles. The van der Waals surface area contributed by atoms with Crippen LogP contribution in [-0.2, 0) is 16.0 Å². The Kier molecular flexibility index (Phi) is 6.61. The first kappa shape index (κ1) is 22.1. The van der Waals surface area contributed by atoms with E-state index < -0.39 is 6.04 Å². The number of nitrogens with zero attached hydrogens (tertiary/aromatic N) is 2. The predicted octanol–water partition coefficient (Wildman–Crippen LogP) is 3.20. The predicted molar refractivity (Wildman–Crippen MR) is 128 cm³/mol. The van der Waals surface area contributed by atoms with Gasteiger partial charge in [-0.2, -0.15) is 0 Å². The lowest BCUT2D eigenvalue weighted by Gasteiger charge is -2.37. The summed E-state index contributed by atoms with van der Waals surface area (Å²) >= 11 is 0. The van der Waals surface area contributed by atoms with Crippen molar-refractivity contribution < 1.29 is 9.59 Å². The lowest BCUT2D eigenvalue weighted by atomic mass is 10.1. The Morgan fingerprint density at radius 1 is 1.12 bits per heavy atom. The minimum Gasteiger partial charge on any atom is -0.356 e. The number of piperazine rings is 1. The average molecular weight is 433 g/mol. The quantitative estimate of drug-likeness (QED) is 0.603. The molecule has 32 heavy (non-hydrogen) atoms. The molecule has 2 heterocycles. The van der Waals surface area contributed by atoms with Crippen LogP contribution in [0.15, 0.2) is 54.6 Å². The van der Waals surface area contributed by atoms with Gasteiger partial charge in [-0.1, -0.05) is 36.4 Å². The van der Waals surface area contributed by atoms with Crippen LogP contribution in [0.1, 0.15) is 31.5 Å². The van der Waals surface area contributed by atoms with Crippen molar-refractivity contribution in [1.29, 1.82) is 0 Å². The fourth-order valence-corrected chi connectivity index (χ4v) is 4.79. The first-order chi connectivity index (χ1) is 15.5. The number of hydrogen-bond acceptors (Lipinski definition) is 3. The van der Waals surface area contributed by atoms with Gasteiger partial charge in [0.05, 0.1) is 18.0 Å². The van der Waals surface area contributed by atoms with E-state index in [4.69, 9.17) is 0 Å². The number of carbonyl (C=O) groups is 2. The fraction of sp³-hybridized carbons (Fsp3) is 0.385. The molecule has 0 saturated carbocycles. The first-order valence-corrected chi connectivity index (χ1v) is 11.4. The largest absolute Gasteiger partial charge is 0.356 e. The monoisotopic (exact) mass is 432 g/mol. The van der Waals surface area contributed by atoms with Crippen LogP contribution in [-0.4, -0.2) is 53.0 Å². The van der Waals surface area contributed by atoms with E-state index in [1.165, 1.54) is 22.2 Å². The summed E-state index contributed by atoms with van der Waals surface area (Å²) in [7, 11) is 0. The van der Waals surface area contributed by atoms with Gasteiger partial charge in [-0.3, -0.25) is 14.5 Å². The number of fused-ring (bicyclic) bond motifs is 1. The van der Waals surface area contributed by atoms with Gasteiger partial charge in [0.1, 0.15) is 0 Å². The van der Waals surface area contributed by atoms with Crippen molar-refractivity contribution >= 4 is 22.7 Å². The number of para-hydroxylation sites is 2. The third kappa shape index (κ3) is 4.41. The first-order valence-electron chi connectivity index (χ1n) is 11.4. The van der Waals surface area contributed by atoms with Crippen molar-refractivity contribution in [3.8, 4) is 5.69 Å². The SMILES string of the molecule is Cc1c(CCNC(=O)C[C@@H]2C(=O)NCCN2C(C)C)c2ccccc2n1-c1ccccc1. The number of nitrogens with one attached hydrogen (secondary N) is 2. The molecule has 1 aromatic heterocycles. The van der Waals surface area contributed by atoms with Gasteiger partial charge in [-0.15, -0.1) is 0 Å². The molecule has 168 valence electrons. The van der Waals surface area contributed by atoms with E-state index in [0.29, 0.717) is 13.1 Å². The number of hydrogen-bond donors (Lipinski definition) is 2. The molecule has 0 unspecified atom stereocenters. The molecule has 2 N–H and O–H groups in total. The third-order valence-corrected chi connectivity index (χ3v) is 6.37. The Hall–Kier alpha value is -3.12. The second kappa shape index (κ2) is 9.57. The molecule has 1 fully saturated rings. The second-order valence-electron chi connectivity index (χ2n) is 8.69. The minimum absolute atomic E-state index is 0.0538. The number of amides is 2.